The van der Waals surface area contributed by atoms with E-state index in [1.54, 1.807) is 7.11 Å². The number of rotatable bonds is 8. The normalized spacial score (nSPS) is 30.9. The Kier molecular flexibility index (Phi) is 5.72. The lowest BCUT2D eigenvalue weighted by molar-refractivity contribution is -0.00220. The summed E-state index contributed by atoms with van der Waals surface area (Å²) in [6, 6.07) is 0.777. The van der Waals surface area contributed by atoms with Crippen LogP contribution < -0.4 is 5.73 Å². The predicted molar refractivity (Wildman–Crippen MR) is 89.4 cm³/mol. The van der Waals surface area contributed by atoms with Gasteiger partial charge in [-0.25, -0.2) is 0 Å². The summed E-state index contributed by atoms with van der Waals surface area (Å²) in [4.78, 5) is 2.71. The number of nitrogens with zero attached hydrogens (tertiary/aromatic N) is 1. The van der Waals surface area contributed by atoms with E-state index in [4.69, 9.17) is 10.5 Å². The van der Waals surface area contributed by atoms with Gasteiger partial charge in [0.15, 0.2) is 0 Å². The van der Waals surface area contributed by atoms with Crippen LogP contribution in [0.25, 0.3) is 0 Å². The SMILES string of the molecule is CCC(C)(C)C1CCC(CN)(N(CCOC)C2CC2)CC1. The Labute approximate surface area is 131 Å². The minimum absolute atomic E-state index is 0.250. The van der Waals surface area contributed by atoms with E-state index in [1.807, 2.05) is 0 Å². The fourth-order valence-corrected chi connectivity index (χ4v) is 4.22. The summed E-state index contributed by atoms with van der Waals surface area (Å²) in [5.74, 6) is 0.866. The fourth-order valence-electron chi connectivity index (χ4n) is 4.22. The smallest absolute Gasteiger partial charge is 0.0590 e. The van der Waals surface area contributed by atoms with Crippen molar-refractivity contribution in [1.82, 2.24) is 4.90 Å². The second-order valence-corrected chi connectivity index (χ2v) is 7.96. The highest BCUT2D eigenvalue weighted by Gasteiger charge is 2.46. The molecule has 0 heterocycles. The highest BCUT2D eigenvalue weighted by Crippen LogP contribution is 2.47. The highest BCUT2D eigenvalue weighted by atomic mass is 16.5. The topological polar surface area (TPSA) is 38.5 Å². The van der Waals surface area contributed by atoms with Gasteiger partial charge in [-0.1, -0.05) is 27.2 Å². The summed E-state index contributed by atoms with van der Waals surface area (Å²) < 4.78 is 5.34. The average molecular weight is 296 g/mol. The Morgan fingerprint density at radius 2 is 1.81 bits per heavy atom. The first-order valence-electron chi connectivity index (χ1n) is 8.95. The van der Waals surface area contributed by atoms with E-state index in [0.717, 1.165) is 31.7 Å². The molecule has 3 nitrogen and oxygen atoms in total. The van der Waals surface area contributed by atoms with Crippen LogP contribution in [-0.2, 0) is 4.74 Å². The van der Waals surface area contributed by atoms with Gasteiger partial charge in [0.1, 0.15) is 0 Å². The number of hydrogen-bond acceptors (Lipinski definition) is 3. The Bertz CT molecular complexity index is 317. The van der Waals surface area contributed by atoms with Gasteiger partial charge in [-0.05, 0) is 49.9 Å². The van der Waals surface area contributed by atoms with Crippen LogP contribution >= 0.6 is 0 Å². The van der Waals surface area contributed by atoms with Crippen molar-refractivity contribution in [3.8, 4) is 0 Å². The number of ether oxygens (including phenoxy) is 1. The lowest BCUT2D eigenvalue weighted by atomic mass is 9.65. The van der Waals surface area contributed by atoms with Crippen molar-refractivity contribution in [2.24, 2.45) is 17.1 Å². The molecule has 0 atom stereocenters. The molecule has 2 saturated carbocycles. The van der Waals surface area contributed by atoms with Crippen molar-refractivity contribution in [3.63, 3.8) is 0 Å². The van der Waals surface area contributed by atoms with Crippen LogP contribution in [0.15, 0.2) is 0 Å². The van der Waals surface area contributed by atoms with Gasteiger partial charge in [-0.15, -0.1) is 0 Å². The molecule has 0 aromatic heterocycles. The lowest BCUT2D eigenvalue weighted by Crippen LogP contribution is -2.58. The van der Waals surface area contributed by atoms with Crippen molar-refractivity contribution >= 4 is 0 Å². The monoisotopic (exact) mass is 296 g/mol. The first-order valence-corrected chi connectivity index (χ1v) is 8.95. The van der Waals surface area contributed by atoms with Gasteiger partial charge in [-0.2, -0.15) is 0 Å². The molecule has 0 unspecified atom stereocenters. The molecule has 21 heavy (non-hydrogen) atoms. The Morgan fingerprint density at radius 3 is 2.24 bits per heavy atom. The molecule has 3 heteroatoms. The number of methoxy groups -OCH3 is 1. The van der Waals surface area contributed by atoms with E-state index in [0.29, 0.717) is 5.41 Å². The van der Waals surface area contributed by atoms with E-state index in [1.165, 1.54) is 44.9 Å². The van der Waals surface area contributed by atoms with Crippen LogP contribution in [-0.4, -0.2) is 43.3 Å². The fraction of sp³-hybridized carbons (Fsp3) is 1.00. The van der Waals surface area contributed by atoms with Crippen LogP contribution in [0.2, 0.25) is 0 Å². The van der Waals surface area contributed by atoms with Crippen molar-refractivity contribution in [2.45, 2.75) is 77.3 Å². The summed E-state index contributed by atoms with van der Waals surface area (Å²) >= 11 is 0. The molecular formula is C18H36N2O. The Morgan fingerprint density at radius 1 is 1.19 bits per heavy atom. The minimum atomic E-state index is 0.250. The molecule has 0 aliphatic heterocycles. The van der Waals surface area contributed by atoms with Crippen molar-refractivity contribution in [2.75, 3.05) is 26.8 Å². The molecular weight excluding hydrogens is 260 g/mol. The summed E-state index contributed by atoms with van der Waals surface area (Å²) in [6.45, 7) is 9.92. The van der Waals surface area contributed by atoms with Gasteiger partial charge >= 0.3 is 0 Å². The van der Waals surface area contributed by atoms with Crippen LogP contribution in [0.5, 0.6) is 0 Å². The maximum Gasteiger partial charge on any atom is 0.0590 e. The third-order valence-corrected chi connectivity index (χ3v) is 6.45. The molecule has 2 aliphatic rings. The number of hydrogen-bond donors (Lipinski definition) is 1. The maximum absolute atomic E-state index is 6.28. The molecule has 0 bridgehead atoms. The van der Waals surface area contributed by atoms with E-state index in [2.05, 4.69) is 25.7 Å². The molecule has 0 aromatic rings. The van der Waals surface area contributed by atoms with Gasteiger partial charge in [-0.3, -0.25) is 4.90 Å². The molecule has 0 spiro atoms. The Hall–Kier alpha value is -0.120. The van der Waals surface area contributed by atoms with Gasteiger partial charge in [0, 0.05) is 31.8 Å². The van der Waals surface area contributed by atoms with Gasteiger partial charge < -0.3 is 10.5 Å². The zero-order chi connectivity index (χ0) is 15.5. The third-order valence-electron chi connectivity index (χ3n) is 6.45. The lowest BCUT2D eigenvalue weighted by Gasteiger charge is -2.50. The van der Waals surface area contributed by atoms with Gasteiger partial charge in [0.05, 0.1) is 6.61 Å². The first kappa shape index (κ1) is 17.2. The molecule has 0 amide bonds. The van der Waals surface area contributed by atoms with E-state index in [-0.39, 0.29) is 5.54 Å². The zero-order valence-corrected chi connectivity index (χ0v) is 14.7. The van der Waals surface area contributed by atoms with E-state index < -0.39 is 0 Å². The molecule has 124 valence electrons. The molecule has 2 rings (SSSR count). The largest absolute Gasteiger partial charge is 0.383 e. The van der Waals surface area contributed by atoms with Crippen molar-refractivity contribution < 1.29 is 4.74 Å². The maximum atomic E-state index is 6.28. The van der Waals surface area contributed by atoms with Crippen LogP contribution in [0, 0.1) is 11.3 Å². The Balaban J connectivity index is 2.02. The standard InChI is InChI=1S/C18H36N2O/c1-5-17(2,3)15-8-10-18(14-19,11-9-15)20(12-13-21-4)16-6-7-16/h15-16H,5-14,19H2,1-4H3. The summed E-state index contributed by atoms with van der Waals surface area (Å²) in [7, 11) is 1.81. The summed E-state index contributed by atoms with van der Waals surface area (Å²) in [6.07, 6.45) is 9.23. The van der Waals surface area contributed by atoms with Gasteiger partial charge in [0.25, 0.3) is 0 Å². The molecule has 0 saturated heterocycles. The molecule has 2 N–H and O–H groups in total. The molecule has 2 aliphatic carbocycles. The quantitative estimate of drug-likeness (QED) is 0.746. The second-order valence-electron chi connectivity index (χ2n) is 7.96. The molecule has 2 fully saturated rings. The van der Waals surface area contributed by atoms with Crippen LogP contribution in [0.1, 0.15) is 65.7 Å². The summed E-state index contributed by atoms with van der Waals surface area (Å²) in [5, 5.41) is 0. The number of nitrogens with two attached hydrogens (primary N) is 1. The zero-order valence-electron chi connectivity index (χ0n) is 14.7. The average Bonchev–Trinajstić information content (AvgIpc) is 3.32. The second kappa shape index (κ2) is 6.97. The van der Waals surface area contributed by atoms with Crippen LogP contribution in [0.4, 0.5) is 0 Å². The van der Waals surface area contributed by atoms with Crippen molar-refractivity contribution in [1.29, 1.82) is 0 Å². The van der Waals surface area contributed by atoms with Crippen molar-refractivity contribution in [3.05, 3.63) is 0 Å². The first-order chi connectivity index (χ1) is 9.99. The minimum Gasteiger partial charge on any atom is -0.383 e. The van der Waals surface area contributed by atoms with E-state index >= 15 is 0 Å². The third kappa shape index (κ3) is 3.80. The van der Waals surface area contributed by atoms with Gasteiger partial charge in [0.2, 0.25) is 0 Å². The van der Waals surface area contributed by atoms with E-state index in [9.17, 15) is 0 Å². The predicted octanol–water partition coefficient (Wildman–Crippen LogP) is 3.42. The summed E-state index contributed by atoms with van der Waals surface area (Å²) in [5.41, 5.74) is 7.01. The van der Waals surface area contributed by atoms with Crippen LogP contribution in [0.3, 0.4) is 0 Å². The highest BCUT2D eigenvalue weighted by molar-refractivity contribution is 5.02. The molecule has 0 aromatic carbocycles. The molecule has 0 radical (unpaired) electrons.